The number of nitrogens with zero attached hydrogens (tertiary/aromatic N) is 1. The van der Waals surface area contributed by atoms with Crippen LogP contribution in [0.4, 0.5) is 0 Å². The lowest BCUT2D eigenvalue weighted by atomic mass is 9.90. The van der Waals surface area contributed by atoms with Crippen LogP contribution in [-0.4, -0.2) is 19.7 Å². The third-order valence-corrected chi connectivity index (χ3v) is 2.98. The predicted octanol–water partition coefficient (Wildman–Crippen LogP) is 1.91. The summed E-state index contributed by atoms with van der Waals surface area (Å²) < 4.78 is 5.47. The van der Waals surface area contributed by atoms with E-state index in [1.165, 1.54) is 5.56 Å². The van der Waals surface area contributed by atoms with Gasteiger partial charge in [0.25, 0.3) is 0 Å². The number of nitriles is 1. The Morgan fingerprint density at radius 1 is 1.50 bits per heavy atom. The first kappa shape index (κ1) is 11.0. The first-order valence-electron chi connectivity index (χ1n) is 5.68. The van der Waals surface area contributed by atoms with Gasteiger partial charge in [-0.05, 0) is 24.6 Å². The molecular weight excluding hydrogens is 200 g/mol. The summed E-state index contributed by atoms with van der Waals surface area (Å²) in [6, 6.07) is 10.4. The molecule has 2 rings (SSSR count). The van der Waals surface area contributed by atoms with Crippen molar-refractivity contribution in [3.8, 4) is 11.8 Å². The fourth-order valence-electron chi connectivity index (χ4n) is 2.17. The van der Waals surface area contributed by atoms with Gasteiger partial charge >= 0.3 is 0 Å². The summed E-state index contributed by atoms with van der Waals surface area (Å²) in [5, 5.41) is 12.3. The van der Waals surface area contributed by atoms with Crippen molar-refractivity contribution >= 4 is 0 Å². The van der Waals surface area contributed by atoms with Gasteiger partial charge in [-0.15, -0.1) is 0 Å². The maximum atomic E-state index is 9.05. The maximum absolute atomic E-state index is 9.05. The molecule has 3 nitrogen and oxygen atoms in total. The maximum Gasteiger partial charge on any atom is 0.119 e. The molecule has 1 fully saturated rings. The smallest absolute Gasteiger partial charge is 0.119 e. The van der Waals surface area contributed by atoms with E-state index in [4.69, 9.17) is 10.00 Å². The van der Waals surface area contributed by atoms with E-state index in [9.17, 15) is 0 Å². The Bertz CT molecular complexity index is 397. The minimum atomic E-state index is 0.0804. The van der Waals surface area contributed by atoms with E-state index < -0.39 is 0 Å². The van der Waals surface area contributed by atoms with E-state index in [1.807, 2.05) is 25.1 Å². The van der Waals surface area contributed by atoms with Crippen LogP contribution in [0, 0.1) is 17.2 Å². The molecule has 0 radical (unpaired) electrons. The van der Waals surface area contributed by atoms with Crippen LogP contribution in [0.25, 0.3) is 0 Å². The summed E-state index contributed by atoms with van der Waals surface area (Å²) in [6.45, 7) is 4.32. The highest BCUT2D eigenvalue weighted by Crippen LogP contribution is 2.29. The van der Waals surface area contributed by atoms with Crippen molar-refractivity contribution in [3.05, 3.63) is 29.8 Å². The molecule has 0 saturated carbocycles. The summed E-state index contributed by atoms with van der Waals surface area (Å²) in [4.78, 5) is 0. The minimum absolute atomic E-state index is 0.0804. The zero-order chi connectivity index (χ0) is 11.4. The normalized spacial score (nSPS) is 24.0. The van der Waals surface area contributed by atoms with Gasteiger partial charge in [-0.1, -0.05) is 12.1 Å². The Balaban J connectivity index is 2.20. The van der Waals surface area contributed by atoms with E-state index in [-0.39, 0.29) is 5.92 Å². The van der Waals surface area contributed by atoms with E-state index in [1.54, 1.807) is 0 Å². The highest BCUT2D eigenvalue weighted by atomic mass is 16.5. The number of hydrogen-bond donors (Lipinski definition) is 1. The van der Waals surface area contributed by atoms with Gasteiger partial charge in [-0.3, -0.25) is 0 Å². The molecular formula is C13H16N2O. The predicted molar refractivity (Wildman–Crippen MR) is 62.3 cm³/mol. The first-order valence-corrected chi connectivity index (χ1v) is 5.68. The molecule has 0 spiro atoms. The second-order valence-electron chi connectivity index (χ2n) is 4.01. The Kier molecular flexibility index (Phi) is 3.43. The number of benzene rings is 1. The van der Waals surface area contributed by atoms with Crippen molar-refractivity contribution in [2.45, 2.75) is 12.8 Å². The molecule has 0 bridgehead atoms. The van der Waals surface area contributed by atoms with Crippen molar-refractivity contribution in [3.63, 3.8) is 0 Å². The summed E-state index contributed by atoms with van der Waals surface area (Å²) in [5.74, 6) is 1.27. The molecule has 0 aromatic heterocycles. The molecule has 1 saturated heterocycles. The molecule has 16 heavy (non-hydrogen) atoms. The van der Waals surface area contributed by atoms with E-state index >= 15 is 0 Å². The van der Waals surface area contributed by atoms with Crippen molar-refractivity contribution < 1.29 is 4.74 Å². The largest absolute Gasteiger partial charge is 0.494 e. The van der Waals surface area contributed by atoms with Gasteiger partial charge in [0.15, 0.2) is 0 Å². The van der Waals surface area contributed by atoms with Gasteiger partial charge in [0.2, 0.25) is 0 Å². The van der Waals surface area contributed by atoms with Crippen LogP contribution >= 0.6 is 0 Å². The van der Waals surface area contributed by atoms with Gasteiger partial charge in [-0.2, -0.15) is 5.26 Å². The van der Waals surface area contributed by atoms with Gasteiger partial charge < -0.3 is 10.1 Å². The zero-order valence-electron chi connectivity index (χ0n) is 9.44. The summed E-state index contributed by atoms with van der Waals surface area (Å²) in [6.07, 6.45) is 0. The second kappa shape index (κ2) is 5.00. The standard InChI is InChI=1S/C13H16N2O/c1-2-16-12-5-3-4-10(6-12)13-9-15-8-11(13)7-14/h3-6,11,13,15H,2,8-9H2,1H3/t11-,13-/m0/s1. The molecule has 0 unspecified atom stereocenters. The van der Waals surface area contributed by atoms with E-state index in [2.05, 4.69) is 17.5 Å². The Hall–Kier alpha value is -1.53. The Morgan fingerprint density at radius 2 is 2.38 bits per heavy atom. The van der Waals surface area contributed by atoms with Crippen LogP contribution in [0.3, 0.4) is 0 Å². The van der Waals surface area contributed by atoms with Crippen LogP contribution in [0.5, 0.6) is 5.75 Å². The van der Waals surface area contributed by atoms with Crippen LogP contribution < -0.4 is 10.1 Å². The summed E-state index contributed by atoms with van der Waals surface area (Å²) >= 11 is 0. The molecule has 84 valence electrons. The average Bonchev–Trinajstić information content (AvgIpc) is 2.78. The number of nitrogens with one attached hydrogen (secondary N) is 1. The minimum Gasteiger partial charge on any atom is -0.494 e. The van der Waals surface area contributed by atoms with Crippen molar-refractivity contribution in [2.24, 2.45) is 5.92 Å². The lowest BCUT2D eigenvalue weighted by Gasteiger charge is -2.13. The van der Waals surface area contributed by atoms with Crippen LogP contribution in [0.2, 0.25) is 0 Å². The van der Waals surface area contributed by atoms with Crippen LogP contribution in [0.1, 0.15) is 18.4 Å². The molecule has 2 atom stereocenters. The molecule has 1 aliphatic heterocycles. The van der Waals surface area contributed by atoms with Gasteiger partial charge in [0, 0.05) is 19.0 Å². The fraction of sp³-hybridized carbons (Fsp3) is 0.462. The highest BCUT2D eigenvalue weighted by Gasteiger charge is 2.28. The lowest BCUT2D eigenvalue weighted by Crippen LogP contribution is -2.08. The monoisotopic (exact) mass is 216 g/mol. The van der Waals surface area contributed by atoms with Crippen molar-refractivity contribution in [2.75, 3.05) is 19.7 Å². The molecule has 3 heteroatoms. The topological polar surface area (TPSA) is 45.0 Å². The summed E-state index contributed by atoms with van der Waals surface area (Å²) in [5.41, 5.74) is 1.20. The highest BCUT2D eigenvalue weighted by molar-refractivity contribution is 5.33. The van der Waals surface area contributed by atoms with Gasteiger partial charge in [0.1, 0.15) is 5.75 Å². The second-order valence-corrected chi connectivity index (χ2v) is 4.01. The molecule has 1 N–H and O–H groups in total. The van der Waals surface area contributed by atoms with Gasteiger partial charge in [-0.25, -0.2) is 0 Å². The number of rotatable bonds is 3. The summed E-state index contributed by atoms with van der Waals surface area (Å²) in [7, 11) is 0. The number of hydrogen-bond acceptors (Lipinski definition) is 3. The molecule has 1 aromatic rings. The van der Waals surface area contributed by atoms with Crippen LogP contribution in [-0.2, 0) is 0 Å². The van der Waals surface area contributed by atoms with Crippen LogP contribution in [0.15, 0.2) is 24.3 Å². The van der Waals surface area contributed by atoms with E-state index in [0.29, 0.717) is 12.5 Å². The zero-order valence-corrected chi connectivity index (χ0v) is 9.44. The van der Waals surface area contributed by atoms with Crippen molar-refractivity contribution in [1.29, 1.82) is 5.26 Å². The SMILES string of the molecule is CCOc1cccc([C@@H]2CNC[C@@H]2C#N)c1. The third kappa shape index (κ3) is 2.17. The van der Waals surface area contributed by atoms with E-state index in [0.717, 1.165) is 18.8 Å². The molecule has 0 aliphatic carbocycles. The lowest BCUT2D eigenvalue weighted by molar-refractivity contribution is 0.339. The quantitative estimate of drug-likeness (QED) is 0.839. The van der Waals surface area contributed by atoms with Gasteiger partial charge in [0.05, 0.1) is 18.6 Å². The van der Waals surface area contributed by atoms with Crippen molar-refractivity contribution in [1.82, 2.24) is 5.32 Å². The fourth-order valence-corrected chi connectivity index (χ4v) is 2.17. The third-order valence-electron chi connectivity index (χ3n) is 2.98. The molecule has 0 amide bonds. The average molecular weight is 216 g/mol. The Morgan fingerprint density at radius 3 is 3.12 bits per heavy atom. The molecule has 1 heterocycles. The first-order chi connectivity index (χ1) is 7.85. The molecule has 1 aromatic carbocycles. The molecule has 1 aliphatic rings. The Labute approximate surface area is 96.0 Å². The number of ether oxygens (including phenoxy) is 1.